The topological polar surface area (TPSA) is 33.5 Å². The van der Waals surface area contributed by atoms with Crippen LogP contribution in [-0.2, 0) is 11.3 Å². The maximum absolute atomic E-state index is 12.1. The minimum Gasteiger partial charge on any atom is -0.325 e. The Bertz CT molecular complexity index is 584. The van der Waals surface area contributed by atoms with Crippen molar-refractivity contribution >= 4 is 45.5 Å². The first-order valence-corrected chi connectivity index (χ1v) is 8.40. The second-order valence-corrected chi connectivity index (χ2v) is 7.18. The van der Waals surface area contributed by atoms with E-state index >= 15 is 0 Å². The van der Waals surface area contributed by atoms with Gasteiger partial charge in [-0.3, -0.25) is 4.79 Å². The van der Waals surface area contributed by atoms with E-state index in [1.807, 2.05) is 32.2 Å². The van der Waals surface area contributed by atoms with Gasteiger partial charge in [-0.2, -0.15) is 0 Å². The standard InChI is InChI=1S/C15H17IN2OS/c1-11-8-12(16)5-6-14(11)17-15(19)10-18(2)9-13-4-3-7-20-13/h3-8H,9-10H2,1-2H3,(H,17,19)/p+1. The van der Waals surface area contributed by atoms with Crippen molar-refractivity contribution in [2.75, 3.05) is 18.9 Å². The molecule has 2 N–H and O–H groups in total. The van der Waals surface area contributed by atoms with Gasteiger partial charge in [0.15, 0.2) is 6.54 Å². The van der Waals surface area contributed by atoms with Crippen LogP contribution in [0.25, 0.3) is 0 Å². The second kappa shape index (κ2) is 7.19. The number of thiophene rings is 1. The fraction of sp³-hybridized carbons (Fsp3) is 0.267. The molecule has 1 aromatic heterocycles. The Balaban J connectivity index is 1.88. The first-order valence-electron chi connectivity index (χ1n) is 6.44. The molecule has 1 amide bonds. The molecule has 106 valence electrons. The lowest BCUT2D eigenvalue weighted by molar-refractivity contribution is -0.884. The summed E-state index contributed by atoms with van der Waals surface area (Å²) in [7, 11) is 2.04. The van der Waals surface area contributed by atoms with Crippen molar-refractivity contribution in [3.63, 3.8) is 0 Å². The number of halogens is 1. The number of carbonyl (C=O) groups is 1. The molecule has 0 bridgehead atoms. The van der Waals surface area contributed by atoms with Crippen molar-refractivity contribution < 1.29 is 9.69 Å². The Morgan fingerprint density at radius 1 is 1.40 bits per heavy atom. The number of hydrogen-bond acceptors (Lipinski definition) is 2. The molecule has 0 aliphatic carbocycles. The van der Waals surface area contributed by atoms with Crippen LogP contribution in [0, 0.1) is 10.5 Å². The smallest absolute Gasteiger partial charge is 0.279 e. The summed E-state index contributed by atoms with van der Waals surface area (Å²) in [5, 5.41) is 5.06. The van der Waals surface area contributed by atoms with Crippen molar-refractivity contribution in [3.05, 3.63) is 49.7 Å². The van der Waals surface area contributed by atoms with Gasteiger partial charge in [-0.1, -0.05) is 6.07 Å². The number of amides is 1. The van der Waals surface area contributed by atoms with Crippen molar-refractivity contribution in [3.8, 4) is 0 Å². The molecule has 1 unspecified atom stereocenters. The van der Waals surface area contributed by atoms with Crippen LogP contribution in [0.3, 0.4) is 0 Å². The Morgan fingerprint density at radius 3 is 2.85 bits per heavy atom. The molecule has 2 aromatic rings. The fourth-order valence-corrected chi connectivity index (χ4v) is 3.47. The summed E-state index contributed by atoms with van der Waals surface area (Å²) in [6, 6.07) is 10.2. The molecular formula is C15H18IN2OS+. The molecule has 0 aliphatic rings. The lowest BCUT2D eigenvalue weighted by Gasteiger charge is -2.14. The van der Waals surface area contributed by atoms with Gasteiger partial charge in [0.25, 0.3) is 5.91 Å². The van der Waals surface area contributed by atoms with E-state index in [1.54, 1.807) is 11.3 Å². The number of hydrogen-bond donors (Lipinski definition) is 2. The van der Waals surface area contributed by atoms with Crippen molar-refractivity contribution in [2.24, 2.45) is 0 Å². The number of quaternary nitrogens is 1. The van der Waals surface area contributed by atoms with Gasteiger partial charge in [0.1, 0.15) is 6.54 Å². The average molecular weight is 401 g/mol. The molecule has 0 saturated heterocycles. The molecule has 0 radical (unpaired) electrons. The highest BCUT2D eigenvalue weighted by atomic mass is 127. The summed E-state index contributed by atoms with van der Waals surface area (Å²) < 4.78 is 1.18. The van der Waals surface area contributed by atoms with Crippen LogP contribution in [0.2, 0.25) is 0 Å². The predicted molar refractivity (Wildman–Crippen MR) is 92.3 cm³/mol. The summed E-state index contributed by atoms with van der Waals surface area (Å²) in [6.07, 6.45) is 0. The Morgan fingerprint density at radius 2 is 2.20 bits per heavy atom. The summed E-state index contributed by atoms with van der Waals surface area (Å²) in [4.78, 5) is 14.6. The minimum atomic E-state index is 0.0587. The first-order chi connectivity index (χ1) is 9.54. The molecule has 1 heterocycles. The number of anilines is 1. The van der Waals surface area contributed by atoms with Gasteiger partial charge >= 0.3 is 0 Å². The molecule has 2 rings (SSSR count). The first kappa shape index (κ1) is 15.5. The minimum absolute atomic E-state index is 0.0587. The summed E-state index contributed by atoms with van der Waals surface area (Å²) in [5.74, 6) is 0.0587. The van der Waals surface area contributed by atoms with E-state index in [2.05, 4.69) is 45.4 Å². The van der Waals surface area contributed by atoms with Crippen LogP contribution in [0.1, 0.15) is 10.4 Å². The normalized spacial score (nSPS) is 12.2. The van der Waals surface area contributed by atoms with Gasteiger partial charge in [-0.15, -0.1) is 11.3 Å². The Hall–Kier alpha value is -0.920. The van der Waals surface area contributed by atoms with Crippen LogP contribution in [-0.4, -0.2) is 19.5 Å². The molecular weight excluding hydrogens is 383 g/mol. The van der Waals surface area contributed by atoms with Gasteiger partial charge in [0.2, 0.25) is 0 Å². The van der Waals surface area contributed by atoms with E-state index < -0.39 is 0 Å². The Kier molecular flexibility index (Phi) is 5.56. The molecule has 0 spiro atoms. The van der Waals surface area contributed by atoms with E-state index in [4.69, 9.17) is 0 Å². The van der Waals surface area contributed by atoms with Crippen LogP contribution < -0.4 is 10.2 Å². The van der Waals surface area contributed by atoms with Gasteiger partial charge in [0, 0.05) is 9.26 Å². The lowest BCUT2D eigenvalue weighted by atomic mass is 10.2. The molecule has 5 heteroatoms. The monoisotopic (exact) mass is 401 g/mol. The van der Waals surface area contributed by atoms with Crippen LogP contribution in [0.15, 0.2) is 35.7 Å². The number of likely N-dealkylation sites (N-methyl/N-ethyl adjacent to an activating group) is 1. The summed E-state index contributed by atoms with van der Waals surface area (Å²) >= 11 is 4.00. The van der Waals surface area contributed by atoms with Crippen LogP contribution in [0.4, 0.5) is 5.69 Å². The van der Waals surface area contributed by atoms with Crippen molar-refractivity contribution in [2.45, 2.75) is 13.5 Å². The van der Waals surface area contributed by atoms with Gasteiger partial charge in [-0.25, -0.2) is 0 Å². The van der Waals surface area contributed by atoms with E-state index in [0.29, 0.717) is 6.54 Å². The van der Waals surface area contributed by atoms with Gasteiger partial charge < -0.3 is 10.2 Å². The molecule has 0 saturated carbocycles. The predicted octanol–water partition coefficient (Wildman–Crippen LogP) is 2.31. The highest BCUT2D eigenvalue weighted by Gasteiger charge is 2.12. The van der Waals surface area contributed by atoms with Gasteiger partial charge in [0.05, 0.1) is 11.9 Å². The average Bonchev–Trinajstić information content (AvgIpc) is 2.85. The van der Waals surface area contributed by atoms with Crippen LogP contribution in [0.5, 0.6) is 0 Å². The zero-order chi connectivity index (χ0) is 14.5. The lowest BCUT2D eigenvalue weighted by Crippen LogP contribution is -3.08. The number of carbonyl (C=O) groups excluding carboxylic acids is 1. The molecule has 20 heavy (non-hydrogen) atoms. The van der Waals surface area contributed by atoms with E-state index in [-0.39, 0.29) is 5.91 Å². The van der Waals surface area contributed by atoms with E-state index in [9.17, 15) is 4.79 Å². The van der Waals surface area contributed by atoms with Crippen molar-refractivity contribution in [1.29, 1.82) is 0 Å². The fourth-order valence-electron chi connectivity index (χ4n) is 2.01. The highest BCUT2D eigenvalue weighted by Crippen LogP contribution is 2.17. The van der Waals surface area contributed by atoms with Crippen LogP contribution >= 0.6 is 33.9 Å². The van der Waals surface area contributed by atoms with E-state index in [1.165, 1.54) is 13.3 Å². The molecule has 1 aromatic carbocycles. The molecule has 0 fully saturated rings. The highest BCUT2D eigenvalue weighted by molar-refractivity contribution is 14.1. The molecule has 1 atom stereocenters. The number of aryl methyl sites for hydroxylation is 1. The van der Waals surface area contributed by atoms with Gasteiger partial charge in [-0.05, 0) is 64.7 Å². The maximum atomic E-state index is 12.1. The zero-order valence-corrected chi connectivity index (χ0v) is 14.5. The molecule has 0 aliphatic heterocycles. The zero-order valence-electron chi connectivity index (χ0n) is 11.6. The largest absolute Gasteiger partial charge is 0.325 e. The number of rotatable bonds is 5. The summed E-state index contributed by atoms with van der Waals surface area (Å²) in [6.45, 7) is 3.38. The SMILES string of the molecule is Cc1cc(I)ccc1NC(=O)C[NH+](C)Cc1cccs1. The van der Waals surface area contributed by atoms with Crippen molar-refractivity contribution in [1.82, 2.24) is 0 Å². The summed E-state index contributed by atoms with van der Waals surface area (Å²) in [5.41, 5.74) is 2.00. The third-order valence-electron chi connectivity index (χ3n) is 2.98. The number of benzene rings is 1. The maximum Gasteiger partial charge on any atom is 0.279 e. The quantitative estimate of drug-likeness (QED) is 0.741. The number of nitrogens with one attached hydrogen (secondary N) is 2. The molecule has 3 nitrogen and oxygen atoms in total. The Labute approximate surface area is 137 Å². The van der Waals surface area contributed by atoms with E-state index in [0.717, 1.165) is 17.8 Å². The second-order valence-electron chi connectivity index (χ2n) is 4.90. The third-order valence-corrected chi connectivity index (χ3v) is 4.53. The third kappa shape index (κ3) is 4.57.